The lowest BCUT2D eigenvalue weighted by atomic mass is 10.1. The zero-order valence-electron chi connectivity index (χ0n) is 13.4. The van der Waals surface area contributed by atoms with E-state index in [1.165, 1.54) is 6.39 Å². The minimum atomic E-state index is -0.319. The van der Waals surface area contributed by atoms with Gasteiger partial charge in [-0.05, 0) is 18.9 Å². The predicted molar refractivity (Wildman–Crippen MR) is 84.1 cm³/mol. The van der Waals surface area contributed by atoms with Gasteiger partial charge in [0.15, 0.2) is 0 Å². The summed E-state index contributed by atoms with van der Waals surface area (Å²) in [4.78, 5) is 19.3. The number of urea groups is 1. The number of nitrogens with one attached hydrogen (secondary N) is 1. The number of benzene rings is 1. The van der Waals surface area contributed by atoms with E-state index in [-0.39, 0.29) is 12.1 Å². The summed E-state index contributed by atoms with van der Waals surface area (Å²) in [6.07, 6.45) is 2.90. The van der Waals surface area contributed by atoms with Crippen LogP contribution >= 0.6 is 0 Å². The van der Waals surface area contributed by atoms with Crippen molar-refractivity contribution in [1.29, 1.82) is 0 Å². The third-order valence-electron chi connectivity index (χ3n) is 3.44. The molecule has 0 aliphatic rings. The SMILES string of the molecule is CCC[C@@H](c1nnco1)N(CC)C(=O)NOCc1ccccc1. The fraction of sp³-hybridized carbons (Fsp3) is 0.438. The summed E-state index contributed by atoms with van der Waals surface area (Å²) in [6, 6.07) is 9.07. The van der Waals surface area contributed by atoms with E-state index in [9.17, 15) is 4.79 Å². The van der Waals surface area contributed by atoms with Crippen molar-refractivity contribution >= 4 is 6.03 Å². The molecule has 2 amide bonds. The fourth-order valence-corrected chi connectivity index (χ4v) is 2.33. The van der Waals surface area contributed by atoms with Crippen LogP contribution in [0.5, 0.6) is 0 Å². The topological polar surface area (TPSA) is 80.5 Å². The maximum Gasteiger partial charge on any atom is 0.341 e. The molecule has 2 aromatic rings. The first-order chi connectivity index (χ1) is 11.3. The van der Waals surface area contributed by atoms with E-state index in [1.54, 1.807) is 4.90 Å². The summed E-state index contributed by atoms with van der Waals surface area (Å²) >= 11 is 0. The highest BCUT2D eigenvalue weighted by Gasteiger charge is 2.27. The molecule has 0 spiro atoms. The zero-order chi connectivity index (χ0) is 16.5. The number of hydroxylamine groups is 1. The van der Waals surface area contributed by atoms with Crippen LogP contribution in [0.3, 0.4) is 0 Å². The van der Waals surface area contributed by atoms with Crippen molar-refractivity contribution < 1.29 is 14.0 Å². The van der Waals surface area contributed by atoms with E-state index < -0.39 is 0 Å². The van der Waals surface area contributed by atoms with Gasteiger partial charge in [0.2, 0.25) is 12.3 Å². The van der Waals surface area contributed by atoms with Crippen LogP contribution in [0.25, 0.3) is 0 Å². The maximum absolute atomic E-state index is 12.4. The van der Waals surface area contributed by atoms with Gasteiger partial charge in [0.05, 0.1) is 6.61 Å². The molecule has 0 aliphatic heterocycles. The van der Waals surface area contributed by atoms with E-state index in [4.69, 9.17) is 9.25 Å². The van der Waals surface area contributed by atoms with Crippen molar-refractivity contribution in [2.24, 2.45) is 0 Å². The standard InChI is InChI=1S/C16H22N4O3/c1-3-8-14(15-18-17-12-22-15)20(4-2)16(21)19-23-11-13-9-6-5-7-10-13/h5-7,9-10,12,14H,3-4,8,11H2,1-2H3,(H,19,21)/t14-/m0/s1. The molecule has 1 atom stereocenters. The van der Waals surface area contributed by atoms with Gasteiger partial charge in [-0.2, -0.15) is 0 Å². The number of amides is 2. The number of hydrogen-bond acceptors (Lipinski definition) is 5. The molecule has 124 valence electrons. The van der Waals surface area contributed by atoms with Gasteiger partial charge in [0.1, 0.15) is 6.04 Å². The Bertz CT molecular complexity index is 574. The second-order valence-corrected chi connectivity index (χ2v) is 5.05. The van der Waals surface area contributed by atoms with Gasteiger partial charge in [-0.25, -0.2) is 10.3 Å². The number of rotatable bonds is 8. The largest absolute Gasteiger partial charge is 0.426 e. The first-order valence-corrected chi connectivity index (χ1v) is 7.74. The summed E-state index contributed by atoms with van der Waals surface area (Å²) in [6.45, 7) is 4.76. The minimum absolute atomic E-state index is 0.257. The smallest absolute Gasteiger partial charge is 0.341 e. The Hall–Kier alpha value is -2.41. The monoisotopic (exact) mass is 318 g/mol. The van der Waals surface area contributed by atoms with Gasteiger partial charge in [0, 0.05) is 6.54 Å². The fourth-order valence-electron chi connectivity index (χ4n) is 2.33. The van der Waals surface area contributed by atoms with Gasteiger partial charge in [-0.15, -0.1) is 10.2 Å². The molecule has 0 saturated carbocycles. The molecule has 1 heterocycles. The van der Waals surface area contributed by atoms with Gasteiger partial charge in [-0.1, -0.05) is 43.7 Å². The van der Waals surface area contributed by atoms with E-state index in [2.05, 4.69) is 15.7 Å². The molecule has 7 nitrogen and oxygen atoms in total. The van der Waals surface area contributed by atoms with Crippen LogP contribution in [0.15, 0.2) is 41.1 Å². The van der Waals surface area contributed by atoms with Gasteiger partial charge >= 0.3 is 6.03 Å². The van der Waals surface area contributed by atoms with Crippen LogP contribution in [-0.2, 0) is 11.4 Å². The Morgan fingerprint density at radius 2 is 2.13 bits per heavy atom. The molecule has 0 radical (unpaired) electrons. The molecule has 23 heavy (non-hydrogen) atoms. The second kappa shape index (κ2) is 8.89. The highest BCUT2D eigenvalue weighted by molar-refractivity contribution is 5.73. The van der Waals surface area contributed by atoms with Crippen molar-refractivity contribution in [1.82, 2.24) is 20.6 Å². The molecule has 1 aromatic heterocycles. The van der Waals surface area contributed by atoms with Crippen LogP contribution in [0.1, 0.15) is 44.2 Å². The number of carbonyl (C=O) groups excluding carboxylic acids is 1. The Morgan fingerprint density at radius 3 is 2.74 bits per heavy atom. The maximum atomic E-state index is 12.4. The van der Waals surface area contributed by atoms with Gasteiger partial charge < -0.3 is 9.32 Å². The number of nitrogens with zero attached hydrogens (tertiary/aromatic N) is 3. The first-order valence-electron chi connectivity index (χ1n) is 7.74. The Kier molecular flexibility index (Phi) is 6.56. The van der Waals surface area contributed by atoms with Crippen LogP contribution in [0.2, 0.25) is 0 Å². The van der Waals surface area contributed by atoms with E-state index in [0.29, 0.717) is 19.0 Å². The minimum Gasteiger partial charge on any atom is -0.426 e. The highest BCUT2D eigenvalue weighted by Crippen LogP contribution is 2.23. The first kappa shape index (κ1) is 17.0. The van der Waals surface area contributed by atoms with Crippen molar-refractivity contribution in [3.63, 3.8) is 0 Å². The van der Waals surface area contributed by atoms with Crippen LogP contribution < -0.4 is 5.48 Å². The van der Waals surface area contributed by atoms with Crippen molar-refractivity contribution in [2.45, 2.75) is 39.3 Å². The summed E-state index contributed by atoms with van der Waals surface area (Å²) in [7, 11) is 0. The van der Waals surface area contributed by atoms with E-state index in [1.807, 2.05) is 44.2 Å². The molecule has 7 heteroatoms. The Morgan fingerprint density at radius 1 is 1.35 bits per heavy atom. The van der Waals surface area contributed by atoms with Crippen molar-refractivity contribution in [2.75, 3.05) is 6.54 Å². The lowest BCUT2D eigenvalue weighted by molar-refractivity contribution is 0.0299. The zero-order valence-corrected chi connectivity index (χ0v) is 13.4. The third kappa shape index (κ3) is 4.79. The molecule has 1 aromatic carbocycles. The van der Waals surface area contributed by atoms with E-state index in [0.717, 1.165) is 18.4 Å². The van der Waals surface area contributed by atoms with Crippen LogP contribution in [-0.4, -0.2) is 27.7 Å². The quantitative estimate of drug-likeness (QED) is 0.757. The van der Waals surface area contributed by atoms with Crippen LogP contribution in [0.4, 0.5) is 4.79 Å². The lowest BCUT2D eigenvalue weighted by Crippen LogP contribution is -2.42. The number of aromatic nitrogens is 2. The average molecular weight is 318 g/mol. The van der Waals surface area contributed by atoms with Crippen molar-refractivity contribution in [3.05, 3.63) is 48.2 Å². The highest BCUT2D eigenvalue weighted by atomic mass is 16.7. The third-order valence-corrected chi connectivity index (χ3v) is 3.44. The molecular weight excluding hydrogens is 296 g/mol. The molecule has 1 N–H and O–H groups in total. The Labute approximate surface area is 135 Å². The summed E-state index contributed by atoms with van der Waals surface area (Å²) in [5, 5.41) is 7.63. The molecule has 0 unspecified atom stereocenters. The van der Waals surface area contributed by atoms with Gasteiger partial charge in [0.25, 0.3) is 0 Å². The number of hydrogen-bond donors (Lipinski definition) is 1. The second-order valence-electron chi connectivity index (χ2n) is 5.05. The molecule has 0 fully saturated rings. The normalized spacial score (nSPS) is 11.9. The summed E-state index contributed by atoms with van der Waals surface area (Å²) in [5.41, 5.74) is 3.46. The lowest BCUT2D eigenvalue weighted by Gasteiger charge is -2.28. The summed E-state index contributed by atoms with van der Waals surface area (Å²) < 4.78 is 5.27. The number of carbonyl (C=O) groups is 1. The van der Waals surface area contributed by atoms with Crippen LogP contribution in [0, 0.1) is 0 Å². The Balaban J connectivity index is 1.94. The molecule has 0 aliphatic carbocycles. The van der Waals surface area contributed by atoms with Crippen molar-refractivity contribution in [3.8, 4) is 0 Å². The van der Waals surface area contributed by atoms with Gasteiger partial charge in [-0.3, -0.25) is 4.84 Å². The summed E-state index contributed by atoms with van der Waals surface area (Å²) in [5.74, 6) is 0.437. The average Bonchev–Trinajstić information content (AvgIpc) is 3.10. The molecule has 0 bridgehead atoms. The van der Waals surface area contributed by atoms with E-state index >= 15 is 0 Å². The predicted octanol–water partition coefficient (Wildman–Crippen LogP) is 3.07. The molecule has 0 saturated heterocycles. The molecular formula is C16H22N4O3. The molecule has 2 rings (SSSR count).